The number of aliphatic hydroxyl groups is 2. The van der Waals surface area contributed by atoms with E-state index >= 15 is 0 Å². The summed E-state index contributed by atoms with van der Waals surface area (Å²) in [6.07, 6.45) is -10.5. The Bertz CT molecular complexity index is 1210. The molecular weight excluding hydrogens is 451 g/mol. The molecule has 0 saturated heterocycles. The number of hydrogen-bond donors (Lipinski definition) is 3. The summed E-state index contributed by atoms with van der Waals surface area (Å²) in [5, 5.41) is 19.6. The smallest absolute Gasteiger partial charge is 0.390 e. The number of aromatic nitrogens is 3. The minimum absolute atomic E-state index is 0.00601. The summed E-state index contributed by atoms with van der Waals surface area (Å²) >= 11 is 0. The van der Waals surface area contributed by atoms with Crippen molar-refractivity contribution in [2.45, 2.75) is 36.1 Å². The van der Waals surface area contributed by atoms with Gasteiger partial charge in [0.1, 0.15) is 0 Å². The van der Waals surface area contributed by atoms with E-state index in [9.17, 15) is 36.6 Å². The largest absolute Gasteiger partial charge is 0.434 e. The molecule has 6 nitrogen and oxygen atoms in total. The molecule has 0 radical (unpaired) electrons. The van der Waals surface area contributed by atoms with Crippen molar-refractivity contribution in [3.05, 3.63) is 47.4 Å². The molecule has 3 aromatic rings. The van der Waals surface area contributed by atoms with Crippen molar-refractivity contribution in [2.75, 3.05) is 5.73 Å². The van der Waals surface area contributed by atoms with Crippen LogP contribution in [0.15, 0.2) is 30.6 Å². The Morgan fingerprint density at radius 1 is 1.09 bits per heavy atom. The molecule has 0 bridgehead atoms. The van der Waals surface area contributed by atoms with Crippen LogP contribution in [0.3, 0.4) is 0 Å². The van der Waals surface area contributed by atoms with Gasteiger partial charge in [0.25, 0.3) is 0 Å². The van der Waals surface area contributed by atoms with Gasteiger partial charge in [0, 0.05) is 11.8 Å². The SMILES string of the molecule is BC(B)(B)c1ccc(C(O)(C(C)O)C(F)(F)F)cc1-c1cnc2c(N)nc(C(F)(F)F)cn12. The monoisotopic (exact) mass is 470 g/mol. The van der Waals surface area contributed by atoms with Crippen LogP contribution in [0.2, 0.25) is 0 Å². The van der Waals surface area contributed by atoms with E-state index in [0.29, 0.717) is 11.8 Å². The van der Waals surface area contributed by atoms with Gasteiger partial charge in [-0.15, -0.1) is 0 Å². The van der Waals surface area contributed by atoms with Crippen LogP contribution in [0.4, 0.5) is 32.2 Å². The molecule has 1 aromatic carbocycles. The minimum Gasteiger partial charge on any atom is -0.390 e. The minimum atomic E-state index is -5.24. The van der Waals surface area contributed by atoms with Gasteiger partial charge in [-0.25, -0.2) is 9.97 Å². The van der Waals surface area contributed by atoms with Gasteiger partial charge in [-0.3, -0.25) is 4.40 Å². The number of anilines is 1. The molecule has 0 spiro atoms. The summed E-state index contributed by atoms with van der Waals surface area (Å²) in [5.74, 6) is -0.514. The van der Waals surface area contributed by atoms with E-state index in [2.05, 4.69) is 9.97 Å². The first kappa shape index (κ1) is 25.0. The molecule has 3 rings (SSSR count). The van der Waals surface area contributed by atoms with Gasteiger partial charge in [0.15, 0.2) is 17.2 Å². The van der Waals surface area contributed by atoms with Crippen molar-refractivity contribution < 1.29 is 36.6 Å². The number of hydrogen-bond acceptors (Lipinski definition) is 5. The number of benzene rings is 1. The zero-order valence-electron chi connectivity index (χ0n) is 18.0. The Balaban J connectivity index is 2.40. The number of nitrogens with two attached hydrogens (primary N) is 1. The predicted molar refractivity (Wildman–Crippen MR) is 117 cm³/mol. The first-order valence-corrected chi connectivity index (χ1v) is 9.72. The Labute approximate surface area is 187 Å². The molecule has 0 fully saturated rings. The number of nitrogens with zero attached hydrogens (tertiary/aromatic N) is 3. The standard InChI is InChI=1S/C18H19B3F6N4O2/c1-7(32)15(33,18(25,26)27)8-2-3-10(16(19,20)21)9(4-8)11-5-29-14-13(28)30-12(6-31(11)14)17(22,23)24/h2-7,32-33H,19-21H2,1H3,(H2,28,30). The van der Waals surface area contributed by atoms with Crippen LogP contribution >= 0.6 is 0 Å². The second kappa shape index (κ2) is 7.69. The lowest BCUT2D eigenvalue weighted by Gasteiger charge is -2.34. The number of fused-ring (bicyclic) bond motifs is 1. The Morgan fingerprint density at radius 2 is 1.70 bits per heavy atom. The Morgan fingerprint density at radius 3 is 2.18 bits per heavy atom. The van der Waals surface area contributed by atoms with E-state index in [1.165, 1.54) is 6.07 Å². The van der Waals surface area contributed by atoms with Crippen LogP contribution in [0, 0.1) is 0 Å². The molecule has 2 atom stereocenters. The third-order valence-corrected chi connectivity index (χ3v) is 5.39. The fraction of sp³-hybridized carbons (Fsp3) is 0.333. The van der Waals surface area contributed by atoms with Crippen molar-refractivity contribution in [1.29, 1.82) is 0 Å². The number of imidazole rings is 1. The molecule has 33 heavy (non-hydrogen) atoms. The van der Waals surface area contributed by atoms with Gasteiger partial charge in [0.05, 0.1) is 41.5 Å². The van der Waals surface area contributed by atoms with E-state index in [1.807, 2.05) is 0 Å². The van der Waals surface area contributed by atoms with E-state index in [0.717, 1.165) is 29.7 Å². The van der Waals surface area contributed by atoms with Gasteiger partial charge in [0.2, 0.25) is 5.60 Å². The molecular formula is C18H19B3F6N4O2. The van der Waals surface area contributed by atoms with Crippen molar-refractivity contribution in [3.8, 4) is 11.3 Å². The molecule has 4 N–H and O–H groups in total. The lowest BCUT2D eigenvalue weighted by molar-refractivity contribution is -0.295. The van der Waals surface area contributed by atoms with Gasteiger partial charge < -0.3 is 15.9 Å². The summed E-state index contributed by atoms with van der Waals surface area (Å²) in [5.41, 5.74) is 0.474. The second-order valence-electron chi connectivity index (χ2n) is 8.80. The maximum Gasteiger partial charge on any atom is 0.434 e. The maximum atomic E-state index is 13.8. The fourth-order valence-corrected chi connectivity index (χ4v) is 3.64. The summed E-state index contributed by atoms with van der Waals surface area (Å²) < 4.78 is 82.2. The fourth-order valence-electron chi connectivity index (χ4n) is 3.64. The summed E-state index contributed by atoms with van der Waals surface area (Å²) in [6.45, 7) is 0.793. The predicted octanol–water partition coefficient (Wildman–Crippen LogP) is 0.138. The van der Waals surface area contributed by atoms with Crippen LogP contribution in [0.25, 0.3) is 16.9 Å². The zero-order valence-corrected chi connectivity index (χ0v) is 18.0. The van der Waals surface area contributed by atoms with Crippen molar-refractivity contribution in [3.63, 3.8) is 0 Å². The maximum absolute atomic E-state index is 13.8. The highest BCUT2D eigenvalue weighted by Crippen LogP contribution is 2.44. The highest BCUT2D eigenvalue weighted by atomic mass is 19.4. The van der Waals surface area contributed by atoms with Crippen molar-refractivity contribution in [1.82, 2.24) is 14.4 Å². The van der Waals surface area contributed by atoms with Crippen LogP contribution in [-0.4, -0.2) is 60.4 Å². The van der Waals surface area contributed by atoms with Gasteiger partial charge in [-0.1, -0.05) is 22.8 Å². The van der Waals surface area contributed by atoms with E-state index < -0.39 is 46.2 Å². The first-order valence-electron chi connectivity index (χ1n) is 9.72. The van der Waals surface area contributed by atoms with Crippen LogP contribution < -0.4 is 5.73 Å². The highest BCUT2D eigenvalue weighted by Gasteiger charge is 2.58. The third kappa shape index (κ3) is 4.19. The summed E-state index contributed by atoms with van der Waals surface area (Å²) in [4.78, 5) is 7.30. The normalized spacial score (nSPS) is 16.0. The highest BCUT2D eigenvalue weighted by molar-refractivity contribution is 6.59. The van der Waals surface area contributed by atoms with Crippen LogP contribution in [0.1, 0.15) is 23.7 Å². The Hall–Kier alpha value is -2.67. The van der Waals surface area contributed by atoms with Gasteiger partial charge in [-0.05, 0) is 18.6 Å². The number of nitrogen functional groups attached to an aromatic ring is 1. The molecule has 0 amide bonds. The van der Waals surface area contributed by atoms with E-state index in [4.69, 9.17) is 5.73 Å². The molecule has 0 saturated carbocycles. The summed E-state index contributed by atoms with van der Waals surface area (Å²) in [6, 6.07) is 3.36. The molecule has 2 aromatic heterocycles. The lowest BCUT2D eigenvalue weighted by atomic mass is 9.39. The van der Waals surface area contributed by atoms with Gasteiger partial charge in [-0.2, -0.15) is 26.3 Å². The first-order chi connectivity index (χ1) is 14.9. The topological polar surface area (TPSA) is 96.7 Å². The molecule has 174 valence electrons. The average molecular weight is 470 g/mol. The number of halogens is 6. The quantitative estimate of drug-likeness (QED) is 0.373. The molecule has 15 heteroatoms. The van der Waals surface area contributed by atoms with Crippen molar-refractivity contribution >= 4 is 35.0 Å². The molecule has 2 heterocycles. The average Bonchev–Trinajstić information content (AvgIpc) is 3.09. The molecule has 0 aliphatic rings. The molecule has 0 aliphatic carbocycles. The number of alkyl halides is 6. The Kier molecular flexibility index (Phi) is 5.82. The number of rotatable bonds is 4. The van der Waals surface area contributed by atoms with E-state index in [1.54, 1.807) is 23.5 Å². The second-order valence-corrected chi connectivity index (χ2v) is 8.80. The van der Waals surface area contributed by atoms with Gasteiger partial charge >= 0.3 is 12.4 Å². The molecule has 2 unspecified atom stereocenters. The molecule has 0 aliphatic heterocycles. The third-order valence-electron chi connectivity index (χ3n) is 5.39. The van der Waals surface area contributed by atoms with Crippen LogP contribution in [-0.2, 0) is 16.9 Å². The number of aliphatic hydroxyl groups excluding tert-OH is 1. The summed E-state index contributed by atoms with van der Waals surface area (Å²) in [7, 11) is 5.28. The van der Waals surface area contributed by atoms with Crippen molar-refractivity contribution in [2.24, 2.45) is 0 Å². The lowest BCUT2D eigenvalue weighted by Crippen LogP contribution is -2.50. The zero-order chi connectivity index (χ0) is 25.1. The van der Waals surface area contributed by atoms with Crippen LogP contribution in [0.5, 0.6) is 0 Å². The van der Waals surface area contributed by atoms with E-state index in [-0.39, 0.29) is 16.9 Å².